The summed E-state index contributed by atoms with van der Waals surface area (Å²) < 4.78 is 0. The minimum Gasteiger partial charge on any atom is -0.508 e. The normalized spacial score (nSPS) is 36.0. The first-order valence-electron chi connectivity index (χ1n) is 8.27. The van der Waals surface area contributed by atoms with Crippen LogP contribution in [0.25, 0.3) is 0 Å². The maximum absolute atomic E-state index is 10.9. The number of benzene rings is 1. The van der Waals surface area contributed by atoms with Crippen LogP contribution in [-0.2, 0) is 0 Å². The molecule has 3 N–H and O–H groups in total. The monoisotopic (exact) mass is 324 g/mol. The number of rotatable bonds is 3. The average molecular weight is 324 g/mol. The fraction of sp³-hybridized carbons (Fsp3) is 0.333. The van der Waals surface area contributed by atoms with Crippen LogP contribution in [0.5, 0.6) is 5.75 Å². The molecular weight excluding hydrogens is 300 g/mol. The Labute approximate surface area is 143 Å². The Kier molecular flexibility index (Phi) is 4.24. The number of phenolic OH excluding ortho intramolecular Hbond substituents is 1. The maximum Gasteiger partial charge on any atom is 0.119 e. The number of aromatic hydroxyl groups is 1. The van der Waals surface area contributed by atoms with E-state index in [1.807, 2.05) is 48.6 Å². The molecule has 126 valence electrons. The highest BCUT2D eigenvalue weighted by Gasteiger charge is 2.45. The van der Waals surface area contributed by atoms with Crippen molar-refractivity contribution in [3.05, 3.63) is 78.4 Å². The van der Waals surface area contributed by atoms with Gasteiger partial charge in [-0.05, 0) is 25.5 Å². The smallest absolute Gasteiger partial charge is 0.119 e. The number of hydrogen-bond donors (Lipinski definition) is 3. The van der Waals surface area contributed by atoms with Gasteiger partial charge in [0.1, 0.15) is 5.75 Å². The Hall–Kier alpha value is -2.10. The van der Waals surface area contributed by atoms with E-state index in [1.165, 1.54) is 0 Å². The standard InChI is InChI=1S/C21H24O3/c1-20(23)13-7-5-10-16(20)19(15-9-3-4-12-18(15)22)17-11-6-8-14-21(17,2)24/h3-14,16-17,19,22-24H,1-2H3. The highest BCUT2D eigenvalue weighted by molar-refractivity contribution is 5.41. The van der Waals surface area contributed by atoms with Gasteiger partial charge in [0.2, 0.25) is 0 Å². The lowest BCUT2D eigenvalue weighted by atomic mass is 9.63. The zero-order chi connectivity index (χ0) is 17.4. The predicted octanol–water partition coefficient (Wildman–Crippen LogP) is 3.46. The highest BCUT2D eigenvalue weighted by Crippen LogP contribution is 2.48. The maximum atomic E-state index is 10.9. The van der Waals surface area contributed by atoms with Crippen LogP contribution in [0.2, 0.25) is 0 Å². The van der Waals surface area contributed by atoms with E-state index in [0.29, 0.717) is 0 Å². The van der Waals surface area contributed by atoms with E-state index in [1.54, 1.807) is 38.1 Å². The Morgan fingerprint density at radius 3 is 1.79 bits per heavy atom. The SMILES string of the molecule is CC1(O)C=CC=CC1C(c1ccccc1O)C1C=CC=CC1(C)O. The van der Waals surface area contributed by atoms with Crippen molar-refractivity contribution >= 4 is 0 Å². The van der Waals surface area contributed by atoms with Crippen LogP contribution >= 0.6 is 0 Å². The van der Waals surface area contributed by atoms with Gasteiger partial charge in [-0.15, -0.1) is 0 Å². The number of allylic oxidation sites excluding steroid dienone is 4. The first kappa shape index (κ1) is 16.7. The van der Waals surface area contributed by atoms with E-state index < -0.39 is 11.2 Å². The Balaban J connectivity index is 2.14. The quantitative estimate of drug-likeness (QED) is 0.798. The van der Waals surface area contributed by atoms with Gasteiger partial charge in [0, 0.05) is 17.8 Å². The summed E-state index contributed by atoms with van der Waals surface area (Å²) in [7, 11) is 0. The minimum absolute atomic E-state index is 0.181. The van der Waals surface area contributed by atoms with Crippen LogP contribution in [0.4, 0.5) is 0 Å². The predicted molar refractivity (Wildman–Crippen MR) is 95.6 cm³/mol. The van der Waals surface area contributed by atoms with Crippen LogP contribution in [0.3, 0.4) is 0 Å². The number of para-hydroxylation sites is 1. The second-order valence-corrected chi connectivity index (χ2v) is 7.08. The first-order chi connectivity index (χ1) is 11.3. The van der Waals surface area contributed by atoms with Crippen LogP contribution in [0, 0.1) is 11.8 Å². The van der Waals surface area contributed by atoms with Gasteiger partial charge >= 0.3 is 0 Å². The molecule has 2 aliphatic rings. The second-order valence-electron chi connectivity index (χ2n) is 7.08. The molecule has 1 aromatic rings. The Morgan fingerprint density at radius 2 is 1.33 bits per heavy atom. The third-order valence-electron chi connectivity index (χ3n) is 5.15. The summed E-state index contributed by atoms with van der Waals surface area (Å²) >= 11 is 0. The van der Waals surface area contributed by atoms with Gasteiger partial charge in [0.05, 0.1) is 11.2 Å². The molecular formula is C21H24O3. The summed E-state index contributed by atoms with van der Waals surface area (Å²) in [5.74, 6) is -0.648. The zero-order valence-corrected chi connectivity index (χ0v) is 14.0. The first-order valence-corrected chi connectivity index (χ1v) is 8.27. The van der Waals surface area contributed by atoms with Crippen molar-refractivity contribution < 1.29 is 15.3 Å². The number of phenols is 1. The fourth-order valence-corrected chi connectivity index (χ4v) is 3.83. The van der Waals surface area contributed by atoms with E-state index in [2.05, 4.69) is 0 Å². The summed E-state index contributed by atoms with van der Waals surface area (Å²) in [5.41, 5.74) is -1.40. The lowest BCUT2D eigenvalue weighted by molar-refractivity contribution is 0.00476. The summed E-state index contributed by atoms with van der Waals surface area (Å²) in [6.07, 6.45) is 14.9. The van der Waals surface area contributed by atoms with E-state index in [4.69, 9.17) is 0 Å². The molecule has 0 bridgehead atoms. The lowest BCUT2D eigenvalue weighted by Gasteiger charge is -2.44. The minimum atomic E-state index is -1.06. The van der Waals surface area contributed by atoms with Gasteiger partial charge in [0.25, 0.3) is 0 Å². The van der Waals surface area contributed by atoms with Crippen molar-refractivity contribution in [3.8, 4) is 5.75 Å². The van der Waals surface area contributed by atoms with Crippen molar-refractivity contribution in [2.24, 2.45) is 11.8 Å². The molecule has 3 heteroatoms. The number of hydrogen-bond acceptors (Lipinski definition) is 3. The Morgan fingerprint density at radius 1 is 0.833 bits per heavy atom. The molecule has 1 aromatic carbocycles. The van der Waals surface area contributed by atoms with Gasteiger partial charge in [-0.3, -0.25) is 0 Å². The van der Waals surface area contributed by atoms with Crippen LogP contribution < -0.4 is 0 Å². The van der Waals surface area contributed by atoms with Crippen molar-refractivity contribution in [2.45, 2.75) is 31.0 Å². The molecule has 4 atom stereocenters. The molecule has 0 radical (unpaired) electrons. The molecule has 3 nitrogen and oxygen atoms in total. The Bertz CT molecular complexity index is 682. The van der Waals surface area contributed by atoms with Crippen molar-refractivity contribution in [1.29, 1.82) is 0 Å². The molecule has 0 amide bonds. The molecule has 0 heterocycles. The third kappa shape index (κ3) is 2.97. The summed E-state index contributed by atoms with van der Waals surface area (Å²) in [6.45, 7) is 3.53. The number of aliphatic hydroxyl groups is 2. The van der Waals surface area contributed by atoms with Crippen LogP contribution in [-0.4, -0.2) is 26.5 Å². The average Bonchev–Trinajstić information content (AvgIpc) is 2.51. The molecule has 4 unspecified atom stereocenters. The molecule has 0 saturated carbocycles. The van der Waals surface area contributed by atoms with Gasteiger partial charge in [-0.1, -0.05) is 66.8 Å². The molecule has 2 aliphatic carbocycles. The van der Waals surface area contributed by atoms with Gasteiger partial charge in [0.15, 0.2) is 0 Å². The largest absolute Gasteiger partial charge is 0.508 e. The van der Waals surface area contributed by atoms with Crippen molar-refractivity contribution in [3.63, 3.8) is 0 Å². The topological polar surface area (TPSA) is 60.7 Å². The van der Waals surface area contributed by atoms with Crippen LogP contribution in [0.1, 0.15) is 25.3 Å². The highest BCUT2D eigenvalue weighted by atomic mass is 16.3. The lowest BCUT2D eigenvalue weighted by Crippen LogP contribution is -2.45. The van der Waals surface area contributed by atoms with Crippen molar-refractivity contribution in [2.75, 3.05) is 0 Å². The van der Waals surface area contributed by atoms with E-state index in [9.17, 15) is 15.3 Å². The van der Waals surface area contributed by atoms with Crippen molar-refractivity contribution in [1.82, 2.24) is 0 Å². The summed E-state index contributed by atoms with van der Waals surface area (Å²) in [5, 5.41) is 32.3. The van der Waals surface area contributed by atoms with Crippen LogP contribution in [0.15, 0.2) is 72.9 Å². The van der Waals surface area contributed by atoms with E-state index >= 15 is 0 Å². The molecule has 3 rings (SSSR count). The zero-order valence-electron chi connectivity index (χ0n) is 14.0. The molecule has 0 spiro atoms. The molecule has 0 saturated heterocycles. The van der Waals surface area contributed by atoms with E-state index in [-0.39, 0.29) is 23.5 Å². The van der Waals surface area contributed by atoms with Gasteiger partial charge in [-0.2, -0.15) is 0 Å². The van der Waals surface area contributed by atoms with Gasteiger partial charge in [-0.25, -0.2) is 0 Å². The van der Waals surface area contributed by atoms with Gasteiger partial charge < -0.3 is 15.3 Å². The second kappa shape index (κ2) is 6.08. The fourth-order valence-electron chi connectivity index (χ4n) is 3.83. The van der Waals surface area contributed by atoms with E-state index in [0.717, 1.165) is 5.56 Å². The molecule has 24 heavy (non-hydrogen) atoms. The summed E-state index contributed by atoms with van der Waals surface area (Å²) in [6, 6.07) is 7.16. The molecule has 0 fully saturated rings. The third-order valence-corrected chi connectivity index (χ3v) is 5.15. The molecule has 0 aliphatic heterocycles. The molecule has 0 aromatic heterocycles. The summed E-state index contributed by atoms with van der Waals surface area (Å²) in [4.78, 5) is 0.